The zero-order valence-corrected chi connectivity index (χ0v) is 8.77. The Morgan fingerprint density at radius 1 is 1.27 bits per heavy atom. The Morgan fingerprint density at radius 3 is 2.47 bits per heavy atom. The van der Waals surface area contributed by atoms with E-state index < -0.39 is 0 Å². The van der Waals surface area contributed by atoms with Crippen molar-refractivity contribution in [2.75, 3.05) is 7.11 Å². The van der Waals surface area contributed by atoms with Crippen LogP contribution in [-0.4, -0.2) is 7.11 Å². The fourth-order valence-corrected chi connectivity index (χ4v) is 1.05. The number of ether oxygens (including phenoxy) is 2. The van der Waals surface area contributed by atoms with Crippen molar-refractivity contribution in [3.05, 3.63) is 61.1 Å². The summed E-state index contributed by atoms with van der Waals surface area (Å²) >= 11 is 0. The van der Waals surface area contributed by atoms with Crippen LogP contribution in [0.15, 0.2) is 55.5 Å². The first-order valence-corrected chi connectivity index (χ1v) is 4.55. The Morgan fingerprint density at radius 2 is 1.93 bits per heavy atom. The Labute approximate surface area is 90.1 Å². The summed E-state index contributed by atoms with van der Waals surface area (Å²) in [5.74, 6) is 1.40. The third kappa shape index (κ3) is 3.73. The molecule has 78 valence electrons. The molecule has 0 saturated heterocycles. The second kappa shape index (κ2) is 5.70. The monoisotopic (exact) mass is 202 g/mol. The fraction of sp³-hybridized carbons (Fsp3) is 0.0769. The van der Waals surface area contributed by atoms with Gasteiger partial charge in [0.2, 0.25) is 0 Å². The SMILES string of the molecule is C=COC(=C)C=Cc1ccc(OC)cc1. The maximum Gasteiger partial charge on any atom is 0.119 e. The lowest BCUT2D eigenvalue weighted by molar-refractivity contribution is 0.373. The van der Waals surface area contributed by atoms with Gasteiger partial charge < -0.3 is 9.47 Å². The summed E-state index contributed by atoms with van der Waals surface area (Å²) < 4.78 is 10.0. The summed E-state index contributed by atoms with van der Waals surface area (Å²) in [6.07, 6.45) is 5.04. The van der Waals surface area contributed by atoms with Gasteiger partial charge in [0.15, 0.2) is 0 Å². The number of hydrogen-bond donors (Lipinski definition) is 0. The lowest BCUT2D eigenvalue weighted by Crippen LogP contribution is -1.81. The summed E-state index contributed by atoms with van der Waals surface area (Å²) in [4.78, 5) is 0. The molecule has 0 aromatic heterocycles. The maximum absolute atomic E-state index is 5.05. The molecule has 0 aliphatic rings. The van der Waals surface area contributed by atoms with Crippen LogP contribution in [0.3, 0.4) is 0 Å². The third-order valence-electron chi connectivity index (χ3n) is 1.81. The van der Waals surface area contributed by atoms with E-state index in [9.17, 15) is 0 Å². The van der Waals surface area contributed by atoms with E-state index in [1.54, 1.807) is 13.2 Å². The van der Waals surface area contributed by atoms with Gasteiger partial charge in [-0.15, -0.1) is 0 Å². The van der Waals surface area contributed by atoms with Gasteiger partial charge in [0.05, 0.1) is 13.4 Å². The van der Waals surface area contributed by atoms with Crippen LogP contribution in [0.25, 0.3) is 6.08 Å². The molecule has 1 aromatic rings. The van der Waals surface area contributed by atoms with Crippen LogP contribution < -0.4 is 4.74 Å². The molecule has 2 heteroatoms. The second-order valence-corrected chi connectivity index (χ2v) is 2.86. The summed E-state index contributed by atoms with van der Waals surface area (Å²) in [6.45, 7) is 7.13. The van der Waals surface area contributed by atoms with Crippen LogP contribution in [0.5, 0.6) is 5.75 Å². The molecule has 0 aliphatic carbocycles. The first-order valence-electron chi connectivity index (χ1n) is 4.55. The molecule has 0 saturated carbocycles. The number of benzene rings is 1. The van der Waals surface area contributed by atoms with Crippen LogP contribution >= 0.6 is 0 Å². The normalized spacial score (nSPS) is 9.93. The lowest BCUT2D eigenvalue weighted by Gasteiger charge is -1.99. The average molecular weight is 202 g/mol. The minimum absolute atomic E-state index is 0.556. The average Bonchev–Trinajstić information content (AvgIpc) is 2.27. The van der Waals surface area contributed by atoms with Crippen LogP contribution in [0.1, 0.15) is 5.56 Å². The van der Waals surface area contributed by atoms with Gasteiger partial charge in [-0.3, -0.25) is 0 Å². The van der Waals surface area contributed by atoms with Crippen LogP contribution in [0.2, 0.25) is 0 Å². The molecule has 0 unspecified atom stereocenters. The van der Waals surface area contributed by atoms with E-state index >= 15 is 0 Å². The Balaban J connectivity index is 2.64. The van der Waals surface area contributed by atoms with Gasteiger partial charge in [0.1, 0.15) is 11.5 Å². The topological polar surface area (TPSA) is 18.5 Å². The standard InChI is InChI=1S/C13H14O2/c1-4-15-11(2)5-6-12-7-9-13(14-3)10-8-12/h4-10H,1-2H2,3H3. The summed E-state index contributed by atoms with van der Waals surface area (Å²) in [7, 11) is 1.64. The van der Waals surface area contributed by atoms with Crippen molar-refractivity contribution >= 4 is 6.08 Å². The van der Waals surface area contributed by atoms with Gasteiger partial charge in [-0.1, -0.05) is 31.4 Å². The van der Waals surface area contributed by atoms with Crippen LogP contribution in [0, 0.1) is 0 Å². The van der Waals surface area contributed by atoms with Crippen molar-refractivity contribution in [3.63, 3.8) is 0 Å². The van der Waals surface area contributed by atoms with Crippen molar-refractivity contribution in [1.29, 1.82) is 0 Å². The molecule has 0 spiro atoms. The van der Waals surface area contributed by atoms with Gasteiger partial charge in [-0.25, -0.2) is 0 Å². The second-order valence-electron chi connectivity index (χ2n) is 2.86. The molecule has 0 bridgehead atoms. The van der Waals surface area contributed by atoms with Crippen LogP contribution in [-0.2, 0) is 4.74 Å². The predicted molar refractivity (Wildman–Crippen MR) is 62.5 cm³/mol. The summed E-state index contributed by atoms with van der Waals surface area (Å²) in [6, 6.07) is 7.71. The summed E-state index contributed by atoms with van der Waals surface area (Å²) in [5.41, 5.74) is 1.06. The molecule has 0 atom stereocenters. The molecule has 2 nitrogen and oxygen atoms in total. The van der Waals surface area contributed by atoms with Gasteiger partial charge >= 0.3 is 0 Å². The molecular weight excluding hydrogens is 188 g/mol. The number of hydrogen-bond acceptors (Lipinski definition) is 2. The number of rotatable bonds is 5. The molecule has 0 heterocycles. The minimum Gasteiger partial charge on any atom is -0.497 e. The zero-order valence-electron chi connectivity index (χ0n) is 8.77. The van der Waals surface area contributed by atoms with E-state index in [1.165, 1.54) is 6.26 Å². The van der Waals surface area contributed by atoms with E-state index in [0.29, 0.717) is 5.76 Å². The van der Waals surface area contributed by atoms with Crippen molar-refractivity contribution < 1.29 is 9.47 Å². The number of allylic oxidation sites excluding steroid dienone is 1. The third-order valence-corrected chi connectivity index (χ3v) is 1.81. The number of methoxy groups -OCH3 is 1. The van der Waals surface area contributed by atoms with Crippen molar-refractivity contribution in [2.45, 2.75) is 0 Å². The van der Waals surface area contributed by atoms with E-state index in [2.05, 4.69) is 13.2 Å². The Bertz CT molecular complexity index is 361. The first-order chi connectivity index (χ1) is 7.26. The van der Waals surface area contributed by atoms with Crippen molar-refractivity contribution in [1.82, 2.24) is 0 Å². The Hall–Kier alpha value is -1.96. The van der Waals surface area contributed by atoms with Gasteiger partial charge in [0.25, 0.3) is 0 Å². The molecule has 0 aliphatic heterocycles. The van der Waals surface area contributed by atoms with E-state index in [1.807, 2.05) is 30.3 Å². The van der Waals surface area contributed by atoms with Crippen molar-refractivity contribution in [2.24, 2.45) is 0 Å². The zero-order chi connectivity index (χ0) is 11.1. The maximum atomic E-state index is 5.05. The first kappa shape index (κ1) is 11.1. The summed E-state index contributed by atoms with van der Waals surface area (Å²) in [5, 5.41) is 0. The smallest absolute Gasteiger partial charge is 0.119 e. The molecule has 15 heavy (non-hydrogen) atoms. The van der Waals surface area contributed by atoms with Gasteiger partial charge in [-0.2, -0.15) is 0 Å². The van der Waals surface area contributed by atoms with Crippen molar-refractivity contribution in [3.8, 4) is 5.75 Å². The van der Waals surface area contributed by atoms with Gasteiger partial charge in [-0.05, 0) is 23.8 Å². The molecule has 0 N–H and O–H groups in total. The molecule has 0 fully saturated rings. The highest BCUT2D eigenvalue weighted by Gasteiger charge is 1.90. The van der Waals surface area contributed by atoms with Crippen LogP contribution in [0.4, 0.5) is 0 Å². The Kier molecular flexibility index (Phi) is 4.23. The predicted octanol–water partition coefficient (Wildman–Crippen LogP) is 3.38. The highest BCUT2D eigenvalue weighted by atomic mass is 16.5. The highest BCUT2D eigenvalue weighted by Crippen LogP contribution is 2.13. The lowest BCUT2D eigenvalue weighted by atomic mass is 10.2. The largest absolute Gasteiger partial charge is 0.497 e. The quantitative estimate of drug-likeness (QED) is 0.538. The molecule has 0 amide bonds. The fourth-order valence-electron chi connectivity index (χ4n) is 1.05. The van der Waals surface area contributed by atoms with Gasteiger partial charge in [0, 0.05) is 0 Å². The van der Waals surface area contributed by atoms with E-state index in [4.69, 9.17) is 9.47 Å². The minimum atomic E-state index is 0.556. The molecular formula is C13H14O2. The molecule has 0 radical (unpaired) electrons. The van der Waals surface area contributed by atoms with E-state index in [0.717, 1.165) is 11.3 Å². The highest BCUT2D eigenvalue weighted by molar-refractivity contribution is 5.52. The molecule has 1 aromatic carbocycles. The molecule has 1 rings (SSSR count). The van der Waals surface area contributed by atoms with E-state index in [-0.39, 0.29) is 0 Å².